The Morgan fingerprint density at radius 3 is 2.71 bits per heavy atom. The van der Waals surface area contributed by atoms with Crippen molar-refractivity contribution in [3.8, 4) is 6.07 Å². The molecule has 0 saturated carbocycles. The molecule has 3 atom stereocenters. The van der Waals surface area contributed by atoms with Crippen molar-refractivity contribution in [2.24, 2.45) is 0 Å². The summed E-state index contributed by atoms with van der Waals surface area (Å²) >= 11 is 0. The van der Waals surface area contributed by atoms with Gasteiger partial charge in [-0.15, -0.1) is 0 Å². The summed E-state index contributed by atoms with van der Waals surface area (Å²) in [4.78, 5) is 2.63. The summed E-state index contributed by atoms with van der Waals surface area (Å²) in [7, 11) is 1.87. The van der Waals surface area contributed by atoms with E-state index < -0.39 is 0 Å². The first-order chi connectivity index (χ1) is 8.06. The summed E-state index contributed by atoms with van der Waals surface area (Å²) in [5.74, 6) is 0. The van der Waals surface area contributed by atoms with Crippen LogP contribution in [0.15, 0.2) is 0 Å². The van der Waals surface area contributed by atoms with E-state index in [1.807, 2.05) is 14.0 Å². The van der Waals surface area contributed by atoms with Gasteiger partial charge in [0.25, 0.3) is 0 Å². The number of nitrogens with one attached hydrogen (secondary N) is 1. The van der Waals surface area contributed by atoms with Gasteiger partial charge in [0.05, 0.1) is 6.07 Å². The Morgan fingerprint density at radius 2 is 2.18 bits per heavy atom. The van der Waals surface area contributed by atoms with E-state index in [1.165, 1.54) is 19.3 Å². The van der Waals surface area contributed by atoms with Crippen LogP contribution in [0.2, 0.25) is 0 Å². The molecule has 98 valence electrons. The summed E-state index contributed by atoms with van der Waals surface area (Å²) in [6, 6.07) is 3.86. The van der Waals surface area contributed by atoms with Crippen molar-refractivity contribution >= 4 is 0 Å². The second-order valence-electron chi connectivity index (χ2n) is 5.52. The first-order valence-corrected chi connectivity index (χ1v) is 6.92. The van der Waals surface area contributed by atoms with Gasteiger partial charge in [0.15, 0.2) is 0 Å². The molecule has 0 radical (unpaired) electrons. The van der Waals surface area contributed by atoms with Crippen molar-refractivity contribution in [2.45, 2.75) is 70.5 Å². The summed E-state index contributed by atoms with van der Waals surface area (Å²) < 4.78 is 0. The lowest BCUT2D eigenvalue weighted by molar-refractivity contribution is 0.190. The molecule has 1 N–H and O–H groups in total. The first kappa shape index (κ1) is 14.5. The zero-order valence-corrected chi connectivity index (χ0v) is 11.8. The highest BCUT2D eigenvalue weighted by atomic mass is 15.2. The van der Waals surface area contributed by atoms with E-state index in [9.17, 15) is 0 Å². The number of hydrogen-bond donors (Lipinski definition) is 1. The fraction of sp³-hybridized carbons (Fsp3) is 0.929. The van der Waals surface area contributed by atoms with Crippen LogP contribution < -0.4 is 5.32 Å². The fourth-order valence-corrected chi connectivity index (χ4v) is 2.82. The van der Waals surface area contributed by atoms with Gasteiger partial charge in [-0.25, -0.2) is 0 Å². The Morgan fingerprint density at radius 1 is 1.47 bits per heavy atom. The van der Waals surface area contributed by atoms with Crippen molar-refractivity contribution in [1.82, 2.24) is 10.2 Å². The van der Waals surface area contributed by atoms with Gasteiger partial charge >= 0.3 is 0 Å². The maximum atomic E-state index is 9.10. The molecular weight excluding hydrogens is 210 g/mol. The van der Waals surface area contributed by atoms with Gasteiger partial charge in [-0.1, -0.05) is 6.92 Å². The summed E-state index contributed by atoms with van der Waals surface area (Å²) in [6.45, 7) is 7.73. The molecule has 0 aliphatic carbocycles. The maximum Gasteiger partial charge on any atom is 0.103 e. The van der Waals surface area contributed by atoms with Gasteiger partial charge in [0, 0.05) is 12.1 Å². The highest BCUT2D eigenvalue weighted by Crippen LogP contribution is 2.26. The van der Waals surface area contributed by atoms with Gasteiger partial charge in [0.1, 0.15) is 5.54 Å². The highest BCUT2D eigenvalue weighted by Gasteiger charge is 2.29. The molecule has 1 saturated heterocycles. The van der Waals surface area contributed by atoms with E-state index >= 15 is 0 Å². The molecule has 0 aromatic carbocycles. The third kappa shape index (κ3) is 3.69. The van der Waals surface area contributed by atoms with Crippen LogP contribution in [0.3, 0.4) is 0 Å². The Labute approximate surface area is 106 Å². The normalized spacial score (nSPS) is 28.9. The molecule has 1 rings (SSSR count). The van der Waals surface area contributed by atoms with Crippen molar-refractivity contribution in [2.75, 3.05) is 13.6 Å². The van der Waals surface area contributed by atoms with E-state index in [0.717, 1.165) is 31.5 Å². The van der Waals surface area contributed by atoms with Crippen molar-refractivity contribution in [1.29, 1.82) is 5.26 Å². The molecule has 0 aromatic rings. The van der Waals surface area contributed by atoms with Crippen LogP contribution in [0.5, 0.6) is 0 Å². The minimum Gasteiger partial charge on any atom is -0.303 e. The average Bonchev–Trinajstić information content (AvgIpc) is 2.70. The van der Waals surface area contributed by atoms with Crippen molar-refractivity contribution in [3.05, 3.63) is 0 Å². The van der Waals surface area contributed by atoms with E-state index in [0.29, 0.717) is 0 Å². The van der Waals surface area contributed by atoms with E-state index in [4.69, 9.17) is 5.26 Å². The predicted molar refractivity (Wildman–Crippen MR) is 71.8 cm³/mol. The number of nitrogens with zero attached hydrogens (tertiary/aromatic N) is 2. The Bertz CT molecular complexity index is 271. The molecule has 1 aliphatic heterocycles. The SMILES string of the molecule is CCC1CCC(C)N1CCCC(C)(C#N)NC. The second-order valence-corrected chi connectivity index (χ2v) is 5.52. The maximum absolute atomic E-state index is 9.10. The number of rotatable bonds is 6. The smallest absolute Gasteiger partial charge is 0.103 e. The summed E-state index contributed by atoms with van der Waals surface area (Å²) in [6.07, 6.45) is 5.97. The third-order valence-corrected chi connectivity index (χ3v) is 4.32. The summed E-state index contributed by atoms with van der Waals surface area (Å²) in [5, 5.41) is 12.2. The van der Waals surface area contributed by atoms with E-state index in [2.05, 4.69) is 30.1 Å². The fourth-order valence-electron chi connectivity index (χ4n) is 2.82. The molecule has 3 heteroatoms. The van der Waals surface area contributed by atoms with Crippen LogP contribution in [-0.4, -0.2) is 36.1 Å². The molecule has 0 spiro atoms. The van der Waals surface area contributed by atoms with Crippen molar-refractivity contribution in [3.63, 3.8) is 0 Å². The molecular formula is C14H27N3. The Kier molecular flexibility index (Phi) is 5.42. The van der Waals surface area contributed by atoms with Gasteiger partial charge < -0.3 is 5.32 Å². The minimum absolute atomic E-state index is 0.356. The Balaban J connectivity index is 2.38. The molecule has 0 aromatic heterocycles. The van der Waals surface area contributed by atoms with Gasteiger partial charge in [-0.3, -0.25) is 4.90 Å². The number of nitriles is 1. The molecule has 17 heavy (non-hydrogen) atoms. The quantitative estimate of drug-likeness (QED) is 0.771. The zero-order chi connectivity index (χ0) is 12.9. The van der Waals surface area contributed by atoms with Crippen LogP contribution in [0, 0.1) is 11.3 Å². The van der Waals surface area contributed by atoms with Gasteiger partial charge in [-0.05, 0) is 59.5 Å². The molecule has 3 nitrogen and oxygen atoms in total. The molecule has 1 fully saturated rings. The monoisotopic (exact) mass is 237 g/mol. The standard InChI is InChI=1S/C14H27N3/c1-5-13-8-7-12(2)17(13)10-6-9-14(3,11-15)16-4/h12-13,16H,5-10H2,1-4H3. The Hall–Kier alpha value is -0.590. The van der Waals surface area contributed by atoms with Crippen LogP contribution in [0.1, 0.15) is 52.9 Å². The van der Waals surface area contributed by atoms with Crippen LogP contribution in [-0.2, 0) is 0 Å². The van der Waals surface area contributed by atoms with Gasteiger partial charge in [0.2, 0.25) is 0 Å². The van der Waals surface area contributed by atoms with E-state index in [-0.39, 0.29) is 5.54 Å². The lowest BCUT2D eigenvalue weighted by Crippen LogP contribution is -2.40. The van der Waals surface area contributed by atoms with Crippen LogP contribution in [0.25, 0.3) is 0 Å². The first-order valence-electron chi connectivity index (χ1n) is 6.92. The zero-order valence-electron chi connectivity index (χ0n) is 11.8. The second kappa shape index (κ2) is 6.37. The predicted octanol–water partition coefficient (Wildman–Crippen LogP) is 2.53. The molecule has 0 bridgehead atoms. The largest absolute Gasteiger partial charge is 0.303 e. The van der Waals surface area contributed by atoms with E-state index in [1.54, 1.807) is 0 Å². The minimum atomic E-state index is -0.356. The van der Waals surface area contributed by atoms with Crippen molar-refractivity contribution < 1.29 is 0 Å². The number of likely N-dealkylation sites (tertiary alicyclic amines) is 1. The molecule has 0 amide bonds. The molecule has 1 heterocycles. The lowest BCUT2D eigenvalue weighted by Gasteiger charge is -2.29. The molecule has 3 unspecified atom stereocenters. The van der Waals surface area contributed by atoms with Crippen LogP contribution >= 0.6 is 0 Å². The third-order valence-electron chi connectivity index (χ3n) is 4.32. The lowest BCUT2D eigenvalue weighted by atomic mass is 9.97. The highest BCUT2D eigenvalue weighted by molar-refractivity contribution is 5.02. The summed E-state index contributed by atoms with van der Waals surface area (Å²) in [5.41, 5.74) is -0.356. The molecule has 1 aliphatic rings. The number of hydrogen-bond acceptors (Lipinski definition) is 3. The topological polar surface area (TPSA) is 39.1 Å². The van der Waals surface area contributed by atoms with Gasteiger partial charge in [-0.2, -0.15) is 5.26 Å². The average molecular weight is 237 g/mol. The van der Waals surface area contributed by atoms with Crippen LogP contribution in [0.4, 0.5) is 0 Å².